The quantitative estimate of drug-likeness (QED) is 0.148. The van der Waals surface area contributed by atoms with E-state index in [1.165, 1.54) is 4.90 Å². The summed E-state index contributed by atoms with van der Waals surface area (Å²) in [5.41, 5.74) is 2.89. The summed E-state index contributed by atoms with van der Waals surface area (Å²) in [5.74, 6) is -2.23. The number of carbonyl (C=O) groups is 3. The number of aryl methyl sites for hydroxylation is 1. The number of ketones is 1. The van der Waals surface area contributed by atoms with Crippen LogP contribution in [0.3, 0.4) is 0 Å². The Hall–Kier alpha value is -4.71. The predicted octanol–water partition coefficient (Wildman–Crippen LogP) is 6.34. The molecule has 1 N–H and O–H groups in total. The molecule has 4 aromatic carbocycles. The summed E-state index contributed by atoms with van der Waals surface area (Å²) < 4.78 is 5.26. The van der Waals surface area contributed by atoms with Gasteiger partial charge in [0.2, 0.25) is 0 Å². The third-order valence-corrected chi connectivity index (χ3v) is 6.57. The molecule has 0 aliphatic carbocycles. The molecule has 1 aliphatic rings. The maximum absolute atomic E-state index is 13.5. The highest BCUT2D eigenvalue weighted by Crippen LogP contribution is 2.43. The average molecular weight is 506 g/mol. The molecule has 1 fully saturated rings. The van der Waals surface area contributed by atoms with E-state index in [0.717, 1.165) is 16.3 Å². The Morgan fingerprint density at radius 1 is 0.895 bits per heavy atom. The summed E-state index contributed by atoms with van der Waals surface area (Å²) in [6, 6.07) is 26.1. The van der Waals surface area contributed by atoms with Crippen molar-refractivity contribution in [3.63, 3.8) is 0 Å². The van der Waals surface area contributed by atoms with Crippen molar-refractivity contribution in [1.82, 2.24) is 0 Å². The summed E-state index contributed by atoms with van der Waals surface area (Å²) in [6.45, 7) is 5.46. The standard InChI is InChI=1S/C32H27NO5/c1-19(2)38-32(37)22-14-16-24(17-15-22)33-28(23-11-6-8-20(3)18-23)27(30(35)31(33)36)29(34)26-13-7-10-21-9-4-5-12-25(21)26/h4-19,28,34H,1-3H3/b29-27-. The fraction of sp³-hybridized carbons (Fsp3) is 0.156. The Balaban J connectivity index is 1.68. The van der Waals surface area contributed by atoms with Gasteiger partial charge in [0.05, 0.1) is 23.3 Å². The lowest BCUT2D eigenvalue weighted by Gasteiger charge is -2.26. The topological polar surface area (TPSA) is 83.9 Å². The van der Waals surface area contributed by atoms with Crippen LogP contribution in [0.1, 0.15) is 46.9 Å². The van der Waals surface area contributed by atoms with Gasteiger partial charge in [0, 0.05) is 11.3 Å². The van der Waals surface area contributed by atoms with Crippen molar-refractivity contribution in [1.29, 1.82) is 0 Å². The van der Waals surface area contributed by atoms with E-state index in [4.69, 9.17) is 4.74 Å². The third kappa shape index (κ3) is 4.45. The van der Waals surface area contributed by atoms with E-state index in [9.17, 15) is 19.5 Å². The summed E-state index contributed by atoms with van der Waals surface area (Å²) in [6.07, 6.45) is -0.268. The molecule has 0 spiro atoms. The minimum atomic E-state index is -0.859. The number of benzene rings is 4. The van der Waals surface area contributed by atoms with Crippen molar-refractivity contribution in [2.45, 2.75) is 32.9 Å². The average Bonchev–Trinajstić information content (AvgIpc) is 3.18. The first-order valence-electron chi connectivity index (χ1n) is 12.4. The fourth-order valence-corrected chi connectivity index (χ4v) is 4.87. The molecule has 1 unspecified atom stereocenters. The number of Topliss-reactive ketones (excluding diaryl/α,β-unsaturated/α-hetero) is 1. The van der Waals surface area contributed by atoms with Crippen LogP contribution in [0.5, 0.6) is 0 Å². The van der Waals surface area contributed by atoms with E-state index < -0.39 is 23.7 Å². The summed E-state index contributed by atoms with van der Waals surface area (Å²) >= 11 is 0. The van der Waals surface area contributed by atoms with Crippen LogP contribution in [-0.2, 0) is 14.3 Å². The summed E-state index contributed by atoms with van der Waals surface area (Å²) in [7, 11) is 0. The molecule has 1 heterocycles. The van der Waals surface area contributed by atoms with Crippen LogP contribution in [0, 0.1) is 6.92 Å². The molecule has 1 atom stereocenters. The molecule has 1 saturated heterocycles. The predicted molar refractivity (Wildman–Crippen MR) is 147 cm³/mol. The minimum absolute atomic E-state index is 0.0141. The van der Waals surface area contributed by atoms with Gasteiger partial charge in [0.25, 0.3) is 11.7 Å². The second-order valence-corrected chi connectivity index (χ2v) is 9.61. The van der Waals surface area contributed by atoms with Crippen LogP contribution in [-0.4, -0.2) is 28.9 Å². The number of nitrogens with zero attached hydrogens (tertiary/aromatic N) is 1. The highest BCUT2D eigenvalue weighted by molar-refractivity contribution is 6.51. The molecule has 0 radical (unpaired) electrons. The zero-order chi connectivity index (χ0) is 27.0. The SMILES string of the molecule is Cc1cccc(C2/C(=C(/O)c3cccc4ccccc34)C(=O)C(=O)N2c2ccc(C(=O)OC(C)C)cc2)c1. The van der Waals surface area contributed by atoms with Crippen molar-refractivity contribution in [3.8, 4) is 0 Å². The molecule has 0 bridgehead atoms. The van der Waals surface area contributed by atoms with Crippen LogP contribution in [0.15, 0.2) is 96.6 Å². The maximum Gasteiger partial charge on any atom is 0.338 e. The molecule has 0 aromatic heterocycles. The number of ether oxygens (including phenoxy) is 1. The molecule has 1 amide bonds. The minimum Gasteiger partial charge on any atom is -0.507 e. The van der Waals surface area contributed by atoms with Crippen LogP contribution < -0.4 is 4.90 Å². The Morgan fingerprint density at radius 2 is 1.58 bits per heavy atom. The van der Waals surface area contributed by atoms with Gasteiger partial charge in [-0.2, -0.15) is 0 Å². The van der Waals surface area contributed by atoms with Gasteiger partial charge < -0.3 is 9.84 Å². The normalized spacial score (nSPS) is 16.8. The number of hydrogen-bond donors (Lipinski definition) is 1. The number of esters is 1. The van der Waals surface area contributed by atoms with Crippen LogP contribution in [0.2, 0.25) is 0 Å². The smallest absolute Gasteiger partial charge is 0.338 e. The Bertz CT molecular complexity index is 1590. The molecule has 190 valence electrons. The largest absolute Gasteiger partial charge is 0.507 e. The number of rotatable bonds is 5. The number of anilines is 1. The molecule has 5 rings (SSSR count). The monoisotopic (exact) mass is 505 g/mol. The molecule has 6 nitrogen and oxygen atoms in total. The van der Waals surface area contributed by atoms with E-state index in [2.05, 4.69) is 0 Å². The van der Waals surface area contributed by atoms with Gasteiger partial charge in [0.15, 0.2) is 0 Å². The first-order valence-corrected chi connectivity index (χ1v) is 12.4. The molecule has 38 heavy (non-hydrogen) atoms. The first kappa shape index (κ1) is 25.0. The van der Waals surface area contributed by atoms with E-state index in [-0.39, 0.29) is 17.4 Å². The van der Waals surface area contributed by atoms with Crippen LogP contribution in [0.25, 0.3) is 16.5 Å². The third-order valence-electron chi connectivity index (χ3n) is 6.57. The molecule has 4 aromatic rings. The molecular weight excluding hydrogens is 478 g/mol. The number of hydrogen-bond acceptors (Lipinski definition) is 5. The van der Waals surface area contributed by atoms with Crippen molar-refractivity contribution in [3.05, 3.63) is 119 Å². The van der Waals surface area contributed by atoms with E-state index in [1.54, 1.807) is 44.2 Å². The molecular formula is C32H27NO5. The van der Waals surface area contributed by atoms with Gasteiger partial charge >= 0.3 is 5.97 Å². The van der Waals surface area contributed by atoms with Gasteiger partial charge in [-0.25, -0.2) is 4.79 Å². The molecule has 6 heteroatoms. The van der Waals surface area contributed by atoms with Crippen molar-refractivity contribution < 1.29 is 24.2 Å². The highest BCUT2D eigenvalue weighted by Gasteiger charge is 2.47. The second-order valence-electron chi connectivity index (χ2n) is 9.61. The van der Waals surface area contributed by atoms with Crippen molar-refractivity contribution >= 4 is 39.9 Å². The summed E-state index contributed by atoms with van der Waals surface area (Å²) in [5, 5.41) is 13.3. The Labute approximate surface area is 220 Å². The molecule has 0 saturated carbocycles. The van der Waals surface area contributed by atoms with Crippen molar-refractivity contribution in [2.24, 2.45) is 0 Å². The van der Waals surface area contributed by atoms with Gasteiger partial charge in [-0.05, 0) is 61.4 Å². The number of carbonyl (C=O) groups excluding carboxylic acids is 3. The van der Waals surface area contributed by atoms with Crippen LogP contribution >= 0.6 is 0 Å². The van der Waals surface area contributed by atoms with Crippen molar-refractivity contribution in [2.75, 3.05) is 4.90 Å². The second kappa shape index (κ2) is 9.98. The van der Waals surface area contributed by atoms with Gasteiger partial charge in [-0.3, -0.25) is 14.5 Å². The van der Waals surface area contributed by atoms with Gasteiger partial charge in [-0.1, -0.05) is 72.3 Å². The zero-order valence-corrected chi connectivity index (χ0v) is 21.3. The Kier molecular flexibility index (Phi) is 6.55. The number of aliphatic hydroxyl groups excluding tert-OH is 1. The lowest BCUT2D eigenvalue weighted by Crippen LogP contribution is -2.29. The van der Waals surface area contributed by atoms with E-state index in [1.807, 2.05) is 67.6 Å². The summed E-state index contributed by atoms with van der Waals surface area (Å²) in [4.78, 5) is 40.7. The Morgan fingerprint density at radius 3 is 2.29 bits per heavy atom. The van der Waals surface area contributed by atoms with E-state index in [0.29, 0.717) is 22.4 Å². The van der Waals surface area contributed by atoms with Gasteiger partial charge in [0.1, 0.15) is 5.76 Å². The number of fused-ring (bicyclic) bond motifs is 1. The number of amides is 1. The van der Waals surface area contributed by atoms with E-state index >= 15 is 0 Å². The number of aliphatic hydroxyl groups is 1. The lowest BCUT2D eigenvalue weighted by molar-refractivity contribution is -0.132. The zero-order valence-electron chi connectivity index (χ0n) is 21.3. The highest BCUT2D eigenvalue weighted by atomic mass is 16.5. The lowest BCUT2D eigenvalue weighted by atomic mass is 9.92. The van der Waals surface area contributed by atoms with Gasteiger partial charge in [-0.15, -0.1) is 0 Å². The molecule has 1 aliphatic heterocycles. The maximum atomic E-state index is 13.5. The first-order chi connectivity index (χ1) is 18.3. The van der Waals surface area contributed by atoms with Crippen LogP contribution in [0.4, 0.5) is 5.69 Å². The fourth-order valence-electron chi connectivity index (χ4n) is 4.87.